The van der Waals surface area contributed by atoms with Crippen LogP contribution in [0.2, 0.25) is 0 Å². The van der Waals surface area contributed by atoms with E-state index in [2.05, 4.69) is 55.8 Å². The van der Waals surface area contributed by atoms with E-state index < -0.39 is 0 Å². The van der Waals surface area contributed by atoms with E-state index in [0.29, 0.717) is 12.0 Å². The van der Waals surface area contributed by atoms with Gasteiger partial charge >= 0.3 is 0 Å². The summed E-state index contributed by atoms with van der Waals surface area (Å²) in [6.45, 7) is 8.67. The summed E-state index contributed by atoms with van der Waals surface area (Å²) in [6, 6.07) is 7.13. The van der Waals surface area contributed by atoms with Crippen molar-refractivity contribution in [3.8, 4) is 0 Å². The maximum Gasteiger partial charge on any atom is 0.124 e. The van der Waals surface area contributed by atoms with E-state index in [1.165, 1.54) is 30.8 Å². The normalized spacial score (nSPS) is 22.3. The lowest BCUT2D eigenvalue weighted by molar-refractivity contribution is 0.237. The van der Waals surface area contributed by atoms with E-state index in [1.54, 1.807) is 0 Å². The maximum atomic E-state index is 4.57. The summed E-state index contributed by atoms with van der Waals surface area (Å²) < 4.78 is 2.11. The Bertz CT molecular complexity index is 644. The van der Waals surface area contributed by atoms with Crippen molar-refractivity contribution in [2.24, 2.45) is 5.92 Å². The molecule has 2 atom stereocenters. The Balaban J connectivity index is 1.32. The first-order valence-corrected chi connectivity index (χ1v) is 9.94. The van der Waals surface area contributed by atoms with Gasteiger partial charge in [-0.25, -0.2) is 4.68 Å². The third-order valence-corrected chi connectivity index (χ3v) is 6.10. The van der Waals surface area contributed by atoms with Gasteiger partial charge in [0.05, 0.1) is 11.7 Å². The average Bonchev–Trinajstić information content (AvgIpc) is 3.32. The molecule has 130 valence electrons. The molecular weight excluding hydrogens is 318 g/mol. The number of thiophene rings is 1. The molecule has 4 rings (SSSR count). The highest BCUT2D eigenvalue weighted by Crippen LogP contribution is 2.28. The molecule has 6 heteroatoms. The highest BCUT2D eigenvalue weighted by atomic mass is 32.1. The monoisotopic (exact) mass is 345 g/mol. The van der Waals surface area contributed by atoms with Crippen LogP contribution in [0, 0.1) is 12.8 Å². The average molecular weight is 346 g/mol. The van der Waals surface area contributed by atoms with E-state index in [9.17, 15) is 0 Å². The minimum absolute atomic E-state index is 0.534. The van der Waals surface area contributed by atoms with Gasteiger partial charge in [-0.15, -0.1) is 11.3 Å². The molecular formula is C18H27N5S. The lowest BCUT2D eigenvalue weighted by Gasteiger charge is -2.29. The first kappa shape index (κ1) is 16.1. The molecule has 2 N–H and O–H groups in total. The number of likely N-dealkylation sites (tertiary alicyclic amines) is 1. The fraction of sp³-hybridized carbons (Fsp3) is 0.611. The molecule has 1 fully saturated rings. The van der Waals surface area contributed by atoms with Gasteiger partial charge in [-0.2, -0.15) is 5.10 Å². The van der Waals surface area contributed by atoms with Crippen LogP contribution in [-0.4, -0.2) is 47.4 Å². The van der Waals surface area contributed by atoms with Gasteiger partial charge in [0.1, 0.15) is 5.82 Å². The lowest BCUT2D eigenvalue weighted by Crippen LogP contribution is -2.39. The van der Waals surface area contributed by atoms with Crippen molar-refractivity contribution in [2.75, 3.05) is 38.0 Å². The number of nitrogens with zero attached hydrogens (tertiary/aromatic N) is 3. The van der Waals surface area contributed by atoms with Gasteiger partial charge in [-0.3, -0.25) is 4.90 Å². The third-order valence-electron chi connectivity index (χ3n) is 5.13. The Morgan fingerprint density at radius 3 is 3.08 bits per heavy atom. The zero-order valence-corrected chi connectivity index (χ0v) is 15.2. The van der Waals surface area contributed by atoms with E-state index >= 15 is 0 Å². The SMILES string of the molecule is Cc1cc2n(n1)C[C@@H](CNC[C@H](c1cccs1)N1CCCC1)CN2. The third kappa shape index (κ3) is 3.50. The molecule has 24 heavy (non-hydrogen) atoms. The standard InChI is InChI=1S/C18H27N5S/c1-14-9-18-20-11-15(13-23(18)21-14)10-19-12-16(17-5-4-8-24-17)22-6-2-3-7-22/h4-5,8-9,15-16,19-20H,2-3,6-7,10-13H2,1H3/t15-,16+/m0/s1. The predicted molar refractivity (Wildman–Crippen MR) is 99.7 cm³/mol. The maximum absolute atomic E-state index is 4.57. The van der Waals surface area contributed by atoms with Crippen LogP contribution in [0.1, 0.15) is 29.5 Å². The zero-order valence-electron chi connectivity index (χ0n) is 14.4. The Morgan fingerprint density at radius 2 is 2.29 bits per heavy atom. The van der Waals surface area contributed by atoms with Crippen LogP contribution < -0.4 is 10.6 Å². The highest BCUT2D eigenvalue weighted by molar-refractivity contribution is 7.10. The van der Waals surface area contributed by atoms with Crippen LogP contribution in [0.25, 0.3) is 0 Å². The molecule has 0 amide bonds. The van der Waals surface area contributed by atoms with Crippen LogP contribution in [0.15, 0.2) is 23.6 Å². The van der Waals surface area contributed by atoms with E-state index in [-0.39, 0.29) is 0 Å². The molecule has 0 spiro atoms. The summed E-state index contributed by atoms with van der Waals surface area (Å²) in [5.41, 5.74) is 1.10. The number of aryl methyl sites for hydroxylation is 1. The molecule has 0 radical (unpaired) electrons. The van der Waals surface area contributed by atoms with Crippen LogP contribution >= 0.6 is 11.3 Å². The van der Waals surface area contributed by atoms with Crippen LogP contribution in [0.5, 0.6) is 0 Å². The van der Waals surface area contributed by atoms with Crippen molar-refractivity contribution in [2.45, 2.75) is 32.4 Å². The second-order valence-corrected chi connectivity index (χ2v) is 8.01. The summed E-state index contributed by atoms with van der Waals surface area (Å²) >= 11 is 1.89. The van der Waals surface area contributed by atoms with Gasteiger partial charge in [0, 0.05) is 43.0 Å². The molecule has 0 saturated carbocycles. The lowest BCUT2D eigenvalue weighted by atomic mass is 10.1. The Kier molecular flexibility index (Phi) is 4.87. The van der Waals surface area contributed by atoms with Crippen molar-refractivity contribution in [1.29, 1.82) is 0 Å². The van der Waals surface area contributed by atoms with Gasteiger partial charge in [0.25, 0.3) is 0 Å². The molecule has 1 saturated heterocycles. The predicted octanol–water partition coefficient (Wildman–Crippen LogP) is 2.72. The van der Waals surface area contributed by atoms with Crippen molar-refractivity contribution in [3.05, 3.63) is 34.2 Å². The Labute approximate surface area is 148 Å². The first-order chi connectivity index (χ1) is 11.8. The van der Waals surface area contributed by atoms with E-state index in [0.717, 1.165) is 37.7 Å². The molecule has 2 aliphatic heterocycles. The Morgan fingerprint density at radius 1 is 1.42 bits per heavy atom. The number of fused-ring (bicyclic) bond motifs is 1. The number of aromatic nitrogens is 2. The quantitative estimate of drug-likeness (QED) is 0.845. The fourth-order valence-corrected chi connectivity index (χ4v) is 4.75. The minimum atomic E-state index is 0.534. The van der Waals surface area contributed by atoms with Crippen molar-refractivity contribution in [1.82, 2.24) is 20.0 Å². The second kappa shape index (κ2) is 7.25. The number of hydrogen-bond acceptors (Lipinski definition) is 5. The highest BCUT2D eigenvalue weighted by Gasteiger charge is 2.25. The van der Waals surface area contributed by atoms with Crippen LogP contribution in [0.4, 0.5) is 5.82 Å². The summed E-state index contributed by atoms with van der Waals surface area (Å²) in [6.07, 6.45) is 2.69. The summed E-state index contributed by atoms with van der Waals surface area (Å²) in [7, 11) is 0. The van der Waals surface area contributed by atoms with E-state index in [1.807, 2.05) is 11.3 Å². The number of hydrogen-bond donors (Lipinski definition) is 2. The van der Waals surface area contributed by atoms with E-state index in [4.69, 9.17) is 0 Å². The largest absolute Gasteiger partial charge is 0.370 e. The molecule has 2 aromatic rings. The van der Waals surface area contributed by atoms with Crippen LogP contribution in [-0.2, 0) is 6.54 Å². The molecule has 5 nitrogen and oxygen atoms in total. The fourth-order valence-electron chi connectivity index (χ4n) is 3.89. The smallest absolute Gasteiger partial charge is 0.124 e. The Hall–Kier alpha value is -1.37. The molecule has 0 aromatic carbocycles. The van der Waals surface area contributed by atoms with Gasteiger partial charge in [-0.1, -0.05) is 6.07 Å². The zero-order chi connectivity index (χ0) is 16.4. The van der Waals surface area contributed by atoms with Gasteiger partial charge in [-0.05, 0) is 44.3 Å². The number of rotatable bonds is 6. The summed E-state index contributed by atoms with van der Waals surface area (Å²) in [4.78, 5) is 4.14. The van der Waals surface area contributed by atoms with Crippen molar-refractivity contribution < 1.29 is 0 Å². The molecule has 2 aromatic heterocycles. The molecule has 4 heterocycles. The minimum Gasteiger partial charge on any atom is -0.370 e. The second-order valence-electron chi connectivity index (χ2n) is 7.03. The summed E-state index contributed by atoms with van der Waals surface area (Å²) in [5.74, 6) is 1.76. The molecule has 0 aliphatic carbocycles. The van der Waals surface area contributed by atoms with Gasteiger partial charge in [0.2, 0.25) is 0 Å². The topological polar surface area (TPSA) is 45.1 Å². The van der Waals surface area contributed by atoms with Gasteiger partial charge < -0.3 is 10.6 Å². The summed E-state index contributed by atoms with van der Waals surface area (Å²) in [5, 5.41) is 14.0. The first-order valence-electron chi connectivity index (χ1n) is 9.06. The van der Waals surface area contributed by atoms with Crippen molar-refractivity contribution in [3.63, 3.8) is 0 Å². The number of anilines is 1. The molecule has 0 bridgehead atoms. The van der Waals surface area contributed by atoms with Crippen LogP contribution in [0.3, 0.4) is 0 Å². The molecule has 0 unspecified atom stereocenters. The molecule has 2 aliphatic rings. The number of nitrogens with one attached hydrogen (secondary N) is 2. The van der Waals surface area contributed by atoms with Gasteiger partial charge in [0.15, 0.2) is 0 Å². The van der Waals surface area contributed by atoms with Crippen molar-refractivity contribution >= 4 is 17.2 Å².